The van der Waals surface area contributed by atoms with Gasteiger partial charge in [-0.25, -0.2) is 0 Å². The number of nitrogens with one attached hydrogen (secondary N) is 1. The molecule has 0 aliphatic heterocycles. The summed E-state index contributed by atoms with van der Waals surface area (Å²) in [6.07, 6.45) is 1.84. The van der Waals surface area contributed by atoms with Crippen LogP contribution in [0.25, 0.3) is 0 Å². The molecule has 0 atom stereocenters. The van der Waals surface area contributed by atoms with E-state index in [0.29, 0.717) is 13.1 Å². The number of rotatable bonds is 4. The Labute approximate surface area is 59.5 Å². The molecule has 0 bridgehead atoms. The standard InChI is InChI=1S/C5H12N4O/c6-3-1-2-4-8-5(7)9-10/h1-4,6H2,(H2,7,8)/p+1. The lowest BCUT2D eigenvalue weighted by Crippen LogP contribution is -2.34. The van der Waals surface area contributed by atoms with E-state index in [2.05, 4.69) is 10.2 Å². The van der Waals surface area contributed by atoms with Crippen molar-refractivity contribution in [1.29, 1.82) is 0 Å². The average molecular weight is 145 g/mol. The Bertz CT molecular complexity index is 130. The minimum Gasteiger partial charge on any atom is -0.330 e. The zero-order valence-corrected chi connectivity index (χ0v) is 5.84. The van der Waals surface area contributed by atoms with E-state index < -0.39 is 0 Å². The van der Waals surface area contributed by atoms with Gasteiger partial charge in [0.2, 0.25) is 0 Å². The number of guanidine groups is 1. The maximum Gasteiger partial charge on any atom is 0.485 e. The van der Waals surface area contributed by atoms with Crippen molar-refractivity contribution in [2.24, 2.45) is 11.5 Å². The molecule has 0 aromatic carbocycles. The van der Waals surface area contributed by atoms with Gasteiger partial charge in [0.05, 0.1) is 6.54 Å². The predicted molar refractivity (Wildman–Crippen MR) is 41.0 cm³/mol. The Hall–Kier alpha value is -1.06. The van der Waals surface area contributed by atoms with Gasteiger partial charge in [0.1, 0.15) is 0 Å². The lowest BCUT2D eigenvalue weighted by atomic mass is 10.3. The second kappa shape index (κ2) is 6.07. The van der Waals surface area contributed by atoms with Crippen LogP contribution in [-0.2, 0) is 0 Å². The molecule has 5 N–H and O–H groups in total. The van der Waals surface area contributed by atoms with Crippen LogP contribution in [0.3, 0.4) is 0 Å². The molecule has 0 saturated carbocycles. The quantitative estimate of drug-likeness (QED) is 0.193. The van der Waals surface area contributed by atoms with E-state index in [1.165, 1.54) is 0 Å². The second-order valence-corrected chi connectivity index (χ2v) is 1.90. The fourth-order valence-corrected chi connectivity index (χ4v) is 0.518. The molecule has 0 aliphatic carbocycles. The topological polar surface area (TPSA) is 95.2 Å². The summed E-state index contributed by atoms with van der Waals surface area (Å²) in [6, 6.07) is 0. The van der Waals surface area contributed by atoms with Gasteiger partial charge in [0, 0.05) is 9.76 Å². The summed E-state index contributed by atoms with van der Waals surface area (Å²) in [6.45, 7) is 1.32. The summed E-state index contributed by atoms with van der Waals surface area (Å²) in [5, 5.41) is 2.63. The Kier molecular flexibility index (Phi) is 5.42. The summed E-state index contributed by atoms with van der Waals surface area (Å²) in [5.74, 6) is -0.0583. The molecule has 0 unspecified atom stereocenters. The van der Waals surface area contributed by atoms with Crippen LogP contribution in [0, 0.1) is 4.91 Å². The number of unbranched alkanes of at least 4 members (excludes halogenated alkanes) is 1. The highest BCUT2D eigenvalue weighted by Crippen LogP contribution is 1.80. The summed E-state index contributed by atoms with van der Waals surface area (Å²) >= 11 is 0. The summed E-state index contributed by atoms with van der Waals surface area (Å²) in [7, 11) is 0. The molecule has 58 valence electrons. The third kappa shape index (κ3) is 5.08. The highest BCUT2D eigenvalue weighted by molar-refractivity contribution is 5.75. The number of hydrogen-bond acceptors (Lipinski definition) is 2. The maximum absolute atomic E-state index is 9.67. The predicted octanol–water partition coefficient (Wildman–Crippen LogP) is -1.54. The van der Waals surface area contributed by atoms with Gasteiger partial charge in [0.25, 0.3) is 0 Å². The van der Waals surface area contributed by atoms with Gasteiger partial charge in [-0.15, -0.1) is 0 Å². The first-order valence-electron chi connectivity index (χ1n) is 3.21. The number of nitrogens with two attached hydrogens (primary N) is 2. The highest BCUT2D eigenvalue weighted by atomic mass is 16.2. The smallest absolute Gasteiger partial charge is 0.330 e. The lowest BCUT2D eigenvalue weighted by molar-refractivity contribution is 0.715. The molecule has 0 aromatic heterocycles. The van der Waals surface area contributed by atoms with E-state index in [9.17, 15) is 4.91 Å². The molecule has 0 aromatic rings. The van der Waals surface area contributed by atoms with Crippen molar-refractivity contribution >= 4 is 5.96 Å². The van der Waals surface area contributed by atoms with Crippen LogP contribution in [0.1, 0.15) is 12.8 Å². The molecule has 0 amide bonds. The largest absolute Gasteiger partial charge is 0.485 e. The first kappa shape index (κ1) is 8.94. The minimum atomic E-state index is -0.0583. The molecule has 5 nitrogen and oxygen atoms in total. The Morgan fingerprint density at radius 2 is 2.20 bits per heavy atom. The third-order valence-corrected chi connectivity index (χ3v) is 1.04. The van der Waals surface area contributed by atoms with E-state index in [0.717, 1.165) is 12.8 Å². The summed E-state index contributed by atoms with van der Waals surface area (Å²) < 4.78 is 0. The van der Waals surface area contributed by atoms with E-state index in [1.807, 2.05) is 0 Å². The van der Waals surface area contributed by atoms with E-state index in [1.54, 1.807) is 0 Å². The lowest BCUT2D eigenvalue weighted by Gasteiger charge is -1.92. The molecule has 0 aliphatic rings. The fraction of sp³-hybridized carbons (Fsp3) is 0.800. The zero-order chi connectivity index (χ0) is 7.82. The van der Waals surface area contributed by atoms with Crippen LogP contribution >= 0.6 is 0 Å². The molecule has 0 spiro atoms. The Balaban J connectivity index is 3.12. The van der Waals surface area contributed by atoms with E-state index in [-0.39, 0.29) is 5.96 Å². The van der Waals surface area contributed by atoms with E-state index in [4.69, 9.17) is 11.5 Å². The summed E-state index contributed by atoms with van der Waals surface area (Å²) in [4.78, 5) is 12.2. The molecule has 0 saturated heterocycles. The zero-order valence-electron chi connectivity index (χ0n) is 5.84. The minimum absolute atomic E-state index is 0.0583. The molecular formula is C5H13N4O+. The van der Waals surface area contributed by atoms with Crippen molar-refractivity contribution in [2.45, 2.75) is 12.8 Å². The molecule has 5 heteroatoms. The van der Waals surface area contributed by atoms with Crippen molar-refractivity contribution < 1.29 is 0 Å². The number of nitrogens with zero attached hydrogens (tertiary/aromatic N) is 1. The van der Waals surface area contributed by atoms with Crippen LogP contribution < -0.4 is 21.6 Å². The van der Waals surface area contributed by atoms with Gasteiger partial charge in [-0.1, -0.05) is 0 Å². The van der Waals surface area contributed by atoms with Gasteiger partial charge in [-0.2, -0.15) is 0 Å². The average Bonchev–Trinajstić information content (AvgIpc) is 1.98. The van der Waals surface area contributed by atoms with Crippen molar-refractivity contribution in [1.82, 2.24) is 10.2 Å². The molecule has 0 rings (SSSR count). The van der Waals surface area contributed by atoms with Gasteiger partial charge in [0.15, 0.2) is 0 Å². The monoisotopic (exact) mass is 145 g/mol. The fourth-order valence-electron chi connectivity index (χ4n) is 0.518. The SMILES string of the molecule is NCCCCNC(N)=[N+]=O. The van der Waals surface area contributed by atoms with Gasteiger partial charge in [-0.05, 0) is 19.4 Å². The number of nitroso groups, excluding NO2 is 1. The molecule has 0 fully saturated rings. The Morgan fingerprint density at radius 3 is 2.70 bits per heavy atom. The van der Waals surface area contributed by atoms with E-state index >= 15 is 0 Å². The van der Waals surface area contributed by atoms with Gasteiger partial charge < -0.3 is 5.73 Å². The maximum atomic E-state index is 9.67. The van der Waals surface area contributed by atoms with Crippen LogP contribution in [0.15, 0.2) is 0 Å². The van der Waals surface area contributed by atoms with Crippen LogP contribution in [0.4, 0.5) is 0 Å². The third-order valence-electron chi connectivity index (χ3n) is 1.04. The highest BCUT2D eigenvalue weighted by Gasteiger charge is 1.98. The van der Waals surface area contributed by atoms with Crippen molar-refractivity contribution in [2.75, 3.05) is 13.1 Å². The normalized spacial score (nSPS) is 8.50. The van der Waals surface area contributed by atoms with Crippen LogP contribution in [-0.4, -0.2) is 19.0 Å². The van der Waals surface area contributed by atoms with Crippen molar-refractivity contribution in [3.05, 3.63) is 4.91 Å². The first-order chi connectivity index (χ1) is 4.81. The molecule has 0 radical (unpaired) electrons. The van der Waals surface area contributed by atoms with Gasteiger partial charge in [-0.3, -0.25) is 11.1 Å². The van der Waals surface area contributed by atoms with Crippen molar-refractivity contribution in [3.63, 3.8) is 0 Å². The van der Waals surface area contributed by atoms with Crippen LogP contribution in [0.2, 0.25) is 0 Å². The van der Waals surface area contributed by atoms with Crippen LogP contribution in [0.5, 0.6) is 0 Å². The second-order valence-electron chi connectivity index (χ2n) is 1.90. The van der Waals surface area contributed by atoms with Crippen molar-refractivity contribution in [3.8, 4) is 0 Å². The first-order valence-corrected chi connectivity index (χ1v) is 3.21. The molecular weight excluding hydrogens is 132 g/mol. The molecule has 10 heavy (non-hydrogen) atoms. The Morgan fingerprint density at radius 1 is 1.50 bits per heavy atom. The number of hydrogen-bond donors (Lipinski definition) is 3. The molecule has 0 heterocycles. The summed E-state index contributed by atoms with van der Waals surface area (Å²) in [5.41, 5.74) is 10.3. The van der Waals surface area contributed by atoms with Gasteiger partial charge >= 0.3 is 5.96 Å².